The summed E-state index contributed by atoms with van der Waals surface area (Å²) in [6, 6.07) is 1.55. The SMILES string of the molecule is CCCNC(C)CCN(CC(C)C)C1CCCC1. The van der Waals surface area contributed by atoms with E-state index in [1.165, 1.54) is 51.6 Å². The lowest BCUT2D eigenvalue weighted by Crippen LogP contribution is -2.39. The molecule has 0 radical (unpaired) electrons. The summed E-state index contributed by atoms with van der Waals surface area (Å²) in [5, 5.41) is 3.60. The smallest absolute Gasteiger partial charge is 0.00953 e. The van der Waals surface area contributed by atoms with Gasteiger partial charge in [0.1, 0.15) is 0 Å². The van der Waals surface area contributed by atoms with E-state index in [9.17, 15) is 0 Å². The van der Waals surface area contributed by atoms with Crippen LogP contribution in [0, 0.1) is 5.92 Å². The molecule has 0 bridgehead atoms. The Kier molecular flexibility index (Phi) is 7.92. The molecular formula is C16H34N2. The van der Waals surface area contributed by atoms with Crippen molar-refractivity contribution in [1.82, 2.24) is 10.2 Å². The van der Waals surface area contributed by atoms with E-state index in [-0.39, 0.29) is 0 Å². The third kappa shape index (κ3) is 6.19. The first-order valence-corrected chi connectivity index (χ1v) is 8.11. The van der Waals surface area contributed by atoms with Crippen LogP contribution in [0.25, 0.3) is 0 Å². The highest BCUT2D eigenvalue weighted by molar-refractivity contribution is 4.79. The maximum Gasteiger partial charge on any atom is 0.00953 e. The van der Waals surface area contributed by atoms with Crippen LogP contribution in [0.15, 0.2) is 0 Å². The minimum absolute atomic E-state index is 0.668. The monoisotopic (exact) mass is 254 g/mol. The van der Waals surface area contributed by atoms with Gasteiger partial charge in [-0.3, -0.25) is 0 Å². The number of nitrogens with zero attached hydrogens (tertiary/aromatic N) is 1. The van der Waals surface area contributed by atoms with Gasteiger partial charge in [0.05, 0.1) is 0 Å². The highest BCUT2D eigenvalue weighted by Crippen LogP contribution is 2.24. The molecule has 1 N–H and O–H groups in total. The van der Waals surface area contributed by atoms with E-state index in [2.05, 4.69) is 37.9 Å². The zero-order valence-corrected chi connectivity index (χ0v) is 13.0. The highest BCUT2D eigenvalue weighted by atomic mass is 15.2. The van der Waals surface area contributed by atoms with Gasteiger partial charge in [0.25, 0.3) is 0 Å². The lowest BCUT2D eigenvalue weighted by Gasteiger charge is -2.31. The summed E-state index contributed by atoms with van der Waals surface area (Å²) in [6.45, 7) is 13.0. The maximum atomic E-state index is 3.60. The number of hydrogen-bond donors (Lipinski definition) is 1. The van der Waals surface area contributed by atoms with Crippen LogP contribution < -0.4 is 5.32 Å². The van der Waals surface area contributed by atoms with Crippen LogP contribution in [0.4, 0.5) is 0 Å². The zero-order chi connectivity index (χ0) is 13.4. The molecule has 1 saturated carbocycles. The Bertz CT molecular complexity index is 197. The van der Waals surface area contributed by atoms with Gasteiger partial charge >= 0.3 is 0 Å². The van der Waals surface area contributed by atoms with Crippen molar-refractivity contribution in [3.63, 3.8) is 0 Å². The molecule has 0 heterocycles. The number of nitrogens with one attached hydrogen (secondary N) is 1. The third-order valence-electron chi connectivity index (χ3n) is 4.03. The molecule has 0 spiro atoms. The van der Waals surface area contributed by atoms with E-state index in [4.69, 9.17) is 0 Å². The topological polar surface area (TPSA) is 15.3 Å². The van der Waals surface area contributed by atoms with E-state index in [1.54, 1.807) is 0 Å². The van der Waals surface area contributed by atoms with Crippen LogP contribution in [0.5, 0.6) is 0 Å². The molecule has 0 aromatic heterocycles. The van der Waals surface area contributed by atoms with Crippen molar-refractivity contribution in [2.75, 3.05) is 19.6 Å². The van der Waals surface area contributed by atoms with E-state index >= 15 is 0 Å². The van der Waals surface area contributed by atoms with Crippen LogP contribution in [-0.4, -0.2) is 36.6 Å². The molecule has 1 atom stereocenters. The van der Waals surface area contributed by atoms with E-state index in [1.807, 2.05) is 0 Å². The summed E-state index contributed by atoms with van der Waals surface area (Å²) < 4.78 is 0. The Morgan fingerprint density at radius 3 is 2.39 bits per heavy atom. The summed E-state index contributed by atoms with van der Waals surface area (Å²) in [6.07, 6.45) is 8.30. The summed E-state index contributed by atoms with van der Waals surface area (Å²) in [4.78, 5) is 2.77. The van der Waals surface area contributed by atoms with E-state index in [0.717, 1.165) is 18.5 Å². The summed E-state index contributed by atoms with van der Waals surface area (Å²) in [7, 11) is 0. The number of hydrogen-bond acceptors (Lipinski definition) is 2. The van der Waals surface area contributed by atoms with Crippen molar-refractivity contribution < 1.29 is 0 Å². The average Bonchev–Trinajstić information content (AvgIpc) is 2.85. The fourth-order valence-electron chi connectivity index (χ4n) is 3.01. The first-order valence-electron chi connectivity index (χ1n) is 8.11. The minimum Gasteiger partial charge on any atom is -0.314 e. The second-order valence-corrected chi connectivity index (χ2v) is 6.47. The minimum atomic E-state index is 0.668. The van der Waals surface area contributed by atoms with Gasteiger partial charge in [-0.1, -0.05) is 33.6 Å². The van der Waals surface area contributed by atoms with Gasteiger partial charge in [-0.25, -0.2) is 0 Å². The predicted octanol–water partition coefficient (Wildman–Crippen LogP) is 3.67. The van der Waals surface area contributed by atoms with Crippen molar-refractivity contribution in [3.05, 3.63) is 0 Å². The van der Waals surface area contributed by atoms with E-state index < -0.39 is 0 Å². The Morgan fingerprint density at radius 1 is 1.17 bits per heavy atom. The average molecular weight is 254 g/mol. The summed E-state index contributed by atoms with van der Waals surface area (Å²) >= 11 is 0. The maximum absolute atomic E-state index is 3.60. The molecule has 1 unspecified atom stereocenters. The molecule has 0 aliphatic heterocycles. The quantitative estimate of drug-likeness (QED) is 0.675. The van der Waals surface area contributed by atoms with Crippen molar-refractivity contribution in [2.24, 2.45) is 5.92 Å². The van der Waals surface area contributed by atoms with Crippen molar-refractivity contribution in [2.45, 2.75) is 78.3 Å². The molecule has 1 aliphatic carbocycles. The van der Waals surface area contributed by atoms with E-state index in [0.29, 0.717) is 6.04 Å². The molecule has 108 valence electrons. The molecular weight excluding hydrogens is 220 g/mol. The Hall–Kier alpha value is -0.0800. The van der Waals surface area contributed by atoms with Crippen molar-refractivity contribution >= 4 is 0 Å². The highest BCUT2D eigenvalue weighted by Gasteiger charge is 2.23. The fourth-order valence-corrected chi connectivity index (χ4v) is 3.01. The second-order valence-electron chi connectivity index (χ2n) is 6.47. The van der Waals surface area contributed by atoms with Gasteiger partial charge in [0.15, 0.2) is 0 Å². The molecule has 1 rings (SSSR count). The Morgan fingerprint density at radius 2 is 1.83 bits per heavy atom. The first kappa shape index (κ1) is 16.0. The molecule has 0 saturated heterocycles. The Balaban J connectivity index is 2.31. The molecule has 2 nitrogen and oxygen atoms in total. The van der Waals surface area contributed by atoms with Crippen LogP contribution in [-0.2, 0) is 0 Å². The number of rotatable bonds is 9. The fraction of sp³-hybridized carbons (Fsp3) is 1.00. The molecule has 0 aromatic rings. The molecule has 1 fully saturated rings. The molecule has 18 heavy (non-hydrogen) atoms. The first-order chi connectivity index (χ1) is 8.63. The zero-order valence-electron chi connectivity index (χ0n) is 13.0. The summed E-state index contributed by atoms with van der Waals surface area (Å²) in [5.41, 5.74) is 0. The van der Waals surface area contributed by atoms with Gasteiger partial charge in [-0.15, -0.1) is 0 Å². The summed E-state index contributed by atoms with van der Waals surface area (Å²) in [5.74, 6) is 0.796. The van der Waals surface area contributed by atoms with Gasteiger partial charge in [0, 0.05) is 18.6 Å². The van der Waals surface area contributed by atoms with Crippen LogP contribution in [0.2, 0.25) is 0 Å². The third-order valence-corrected chi connectivity index (χ3v) is 4.03. The molecule has 2 heteroatoms. The van der Waals surface area contributed by atoms with Gasteiger partial charge < -0.3 is 10.2 Å². The second kappa shape index (κ2) is 8.92. The van der Waals surface area contributed by atoms with Gasteiger partial charge in [0.2, 0.25) is 0 Å². The predicted molar refractivity (Wildman–Crippen MR) is 81.0 cm³/mol. The van der Waals surface area contributed by atoms with Gasteiger partial charge in [-0.05, 0) is 51.6 Å². The van der Waals surface area contributed by atoms with Crippen molar-refractivity contribution in [1.29, 1.82) is 0 Å². The largest absolute Gasteiger partial charge is 0.314 e. The molecule has 0 aromatic carbocycles. The normalized spacial score (nSPS) is 19.0. The van der Waals surface area contributed by atoms with Crippen LogP contribution in [0.1, 0.15) is 66.2 Å². The Labute approximate surface area is 115 Å². The van der Waals surface area contributed by atoms with Crippen LogP contribution >= 0.6 is 0 Å². The molecule has 1 aliphatic rings. The lowest BCUT2D eigenvalue weighted by atomic mass is 10.1. The molecule has 0 amide bonds. The van der Waals surface area contributed by atoms with Gasteiger partial charge in [-0.2, -0.15) is 0 Å². The standard InChI is InChI=1S/C16H34N2/c1-5-11-17-15(4)10-12-18(13-14(2)3)16-8-6-7-9-16/h14-17H,5-13H2,1-4H3. The van der Waals surface area contributed by atoms with Crippen molar-refractivity contribution in [3.8, 4) is 0 Å². The lowest BCUT2D eigenvalue weighted by molar-refractivity contribution is 0.169. The van der Waals surface area contributed by atoms with Crippen LogP contribution in [0.3, 0.4) is 0 Å².